The zero-order valence-electron chi connectivity index (χ0n) is 16.1. The van der Waals surface area contributed by atoms with E-state index in [2.05, 4.69) is 4.98 Å². The van der Waals surface area contributed by atoms with E-state index >= 15 is 0 Å². The van der Waals surface area contributed by atoms with Gasteiger partial charge >= 0.3 is 5.97 Å². The molecule has 0 atom stereocenters. The Morgan fingerprint density at radius 2 is 1.73 bits per heavy atom. The van der Waals surface area contributed by atoms with Crippen molar-refractivity contribution in [3.63, 3.8) is 0 Å². The van der Waals surface area contributed by atoms with E-state index in [9.17, 15) is 13.2 Å². The van der Waals surface area contributed by atoms with Gasteiger partial charge in [-0.15, -0.1) is 0 Å². The number of nitrogens with zero attached hydrogens (tertiary/aromatic N) is 1. The van der Waals surface area contributed by atoms with Crippen molar-refractivity contribution in [2.75, 3.05) is 6.26 Å². The van der Waals surface area contributed by atoms with E-state index in [4.69, 9.17) is 9.15 Å². The largest absolute Gasteiger partial charge is 0.456 e. The van der Waals surface area contributed by atoms with Gasteiger partial charge in [0.2, 0.25) is 0 Å². The maximum atomic E-state index is 12.0. The number of carbonyl (C=O) groups is 1. The molecule has 0 N–H and O–H groups in total. The number of sulfone groups is 1. The van der Waals surface area contributed by atoms with Crippen molar-refractivity contribution in [1.29, 1.82) is 0 Å². The summed E-state index contributed by atoms with van der Waals surface area (Å²) in [4.78, 5) is 16.7. The third-order valence-corrected chi connectivity index (χ3v) is 6.26. The minimum atomic E-state index is -3.32. The van der Waals surface area contributed by atoms with Crippen LogP contribution in [0.4, 0.5) is 0 Å². The number of para-hydroxylation sites is 1. The number of hydrogen-bond acceptors (Lipinski definition) is 6. The van der Waals surface area contributed by atoms with Gasteiger partial charge in [0.05, 0.1) is 22.4 Å². The second-order valence-electron chi connectivity index (χ2n) is 7.25. The normalized spacial score (nSPS) is 13.8. The van der Waals surface area contributed by atoms with Crippen molar-refractivity contribution in [3.8, 4) is 28.2 Å². The van der Waals surface area contributed by atoms with Gasteiger partial charge in [0.15, 0.2) is 15.6 Å². The molecule has 0 amide bonds. The van der Waals surface area contributed by atoms with Gasteiger partial charge in [-0.25, -0.2) is 8.42 Å². The highest BCUT2D eigenvalue weighted by molar-refractivity contribution is 7.90. The molecule has 3 heterocycles. The Bertz CT molecular complexity index is 1400. The van der Waals surface area contributed by atoms with E-state index in [1.54, 1.807) is 18.3 Å². The lowest BCUT2D eigenvalue weighted by molar-refractivity contribution is -0.135. The molecule has 1 aliphatic heterocycles. The predicted octanol–water partition coefficient (Wildman–Crippen LogP) is 4.42. The first-order valence-corrected chi connectivity index (χ1v) is 11.3. The minimum Gasteiger partial charge on any atom is -0.456 e. The number of fused-ring (bicyclic) bond motifs is 2. The Labute approximate surface area is 173 Å². The summed E-state index contributed by atoms with van der Waals surface area (Å²) in [6.45, 7) is 0. The molecule has 0 spiro atoms. The maximum absolute atomic E-state index is 12.0. The van der Waals surface area contributed by atoms with Crippen LogP contribution in [0.25, 0.3) is 33.4 Å². The summed E-state index contributed by atoms with van der Waals surface area (Å²) < 4.78 is 35.3. The molecule has 5 rings (SSSR count). The van der Waals surface area contributed by atoms with Crippen LogP contribution < -0.4 is 4.74 Å². The number of aromatic nitrogens is 1. The van der Waals surface area contributed by atoms with Crippen LogP contribution in [-0.4, -0.2) is 25.6 Å². The van der Waals surface area contributed by atoms with Crippen molar-refractivity contribution >= 4 is 26.7 Å². The Balaban J connectivity index is 1.72. The Morgan fingerprint density at radius 3 is 2.50 bits per heavy atom. The van der Waals surface area contributed by atoms with Crippen LogP contribution in [0, 0.1) is 0 Å². The van der Waals surface area contributed by atoms with Crippen molar-refractivity contribution in [3.05, 3.63) is 66.6 Å². The van der Waals surface area contributed by atoms with Crippen LogP contribution in [0.5, 0.6) is 5.75 Å². The third kappa shape index (κ3) is 3.17. The predicted molar refractivity (Wildman–Crippen MR) is 112 cm³/mol. The van der Waals surface area contributed by atoms with E-state index in [1.807, 2.05) is 30.3 Å². The van der Waals surface area contributed by atoms with Crippen molar-refractivity contribution in [1.82, 2.24) is 4.98 Å². The fourth-order valence-electron chi connectivity index (χ4n) is 3.65. The lowest BCUT2D eigenvalue weighted by atomic mass is 10.00. The molecule has 0 unspecified atom stereocenters. The highest BCUT2D eigenvalue weighted by Gasteiger charge is 2.30. The zero-order valence-corrected chi connectivity index (χ0v) is 16.9. The Morgan fingerprint density at radius 1 is 0.967 bits per heavy atom. The second kappa shape index (κ2) is 6.81. The van der Waals surface area contributed by atoms with Crippen molar-refractivity contribution in [2.45, 2.75) is 17.7 Å². The number of carbonyl (C=O) groups excluding carboxylic acids is 1. The molecule has 0 bridgehead atoms. The highest BCUT2D eigenvalue weighted by Crippen LogP contribution is 2.46. The third-order valence-electron chi connectivity index (χ3n) is 5.13. The molecule has 0 fully saturated rings. The van der Waals surface area contributed by atoms with Gasteiger partial charge in [0.25, 0.3) is 0 Å². The average Bonchev–Trinajstić information content (AvgIpc) is 3.11. The number of esters is 1. The first kappa shape index (κ1) is 18.6. The van der Waals surface area contributed by atoms with Crippen LogP contribution in [0.2, 0.25) is 0 Å². The summed E-state index contributed by atoms with van der Waals surface area (Å²) in [6.07, 6.45) is 3.59. The SMILES string of the molecule is CS(=O)(=O)c1ccc(-c2c(-c3cnc4ccccc4c3)oc3c2OC(=O)CC3)cc1. The van der Waals surface area contributed by atoms with Gasteiger partial charge in [-0.2, -0.15) is 0 Å². The number of hydrogen-bond donors (Lipinski definition) is 0. The summed E-state index contributed by atoms with van der Waals surface area (Å²) in [6, 6.07) is 16.2. The van der Waals surface area contributed by atoms with Crippen LogP contribution in [0.15, 0.2) is 70.1 Å². The van der Waals surface area contributed by atoms with Gasteiger partial charge in [0.1, 0.15) is 11.5 Å². The smallest absolute Gasteiger partial charge is 0.311 e. The van der Waals surface area contributed by atoms with E-state index in [0.717, 1.165) is 22.7 Å². The fraction of sp³-hybridized carbons (Fsp3) is 0.130. The Kier molecular flexibility index (Phi) is 4.22. The van der Waals surface area contributed by atoms with E-state index in [-0.39, 0.29) is 17.3 Å². The van der Waals surface area contributed by atoms with Gasteiger partial charge in [-0.05, 0) is 29.8 Å². The second-order valence-corrected chi connectivity index (χ2v) is 9.26. The molecular weight excluding hydrogens is 402 g/mol. The highest BCUT2D eigenvalue weighted by atomic mass is 32.2. The number of ether oxygens (including phenoxy) is 1. The molecule has 2 aromatic carbocycles. The van der Waals surface area contributed by atoms with Gasteiger partial charge in [0, 0.05) is 29.8 Å². The lowest BCUT2D eigenvalue weighted by Gasteiger charge is -2.12. The van der Waals surface area contributed by atoms with E-state index in [1.165, 1.54) is 12.1 Å². The van der Waals surface area contributed by atoms with Crippen LogP contribution in [-0.2, 0) is 21.1 Å². The molecule has 0 saturated carbocycles. The van der Waals surface area contributed by atoms with Gasteiger partial charge < -0.3 is 9.15 Å². The average molecular weight is 419 g/mol. The monoisotopic (exact) mass is 419 g/mol. The topological polar surface area (TPSA) is 86.5 Å². The molecule has 150 valence electrons. The molecule has 30 heavy (non-hydrogen) atoms. The molecule has 0 radical (unpaired) electrons. The summed E-state index contributed by atoms with van der Waals surface area (Å²) in [5.41, 5.74) is 2.94. The van der Waals surface area contributed by atoms with Gasteiger partial charge in [-0.1, -0.05) is 30.3 Å². The van der Waals surface area contributed by atoms with E-state index < -0.39 is 9.84 Å². The molecular formula is C23H17NO5S. The molecule has 2 aromatic heterocycles. The van der Waals surface area contributed by atoms with Crippen molar-refractivity contribution < 1.29 is 22.4 Å². The van der Waals surface area contributed by atoms with E-state index in [0.29, 0.717) is 34.8 Å². The van der Waals surface area contributed by atoms with Crippen LogP contribution in [0.1, 0.15) is 12.2 Å². The number of furan rings is 1. The number of rotatable bonds is 3. The molecule has 4 aromatic rings. The quantitative estimate of drug-likeness (QED) is 0.457. The fourth-order valence-corrected chi connectivity index (χ4v) is 4.28. The summed E-state index contributed by atoms with van der Waals surface area (Å²) in [5, 5.41) is 0.958. The lowest BCUT2D eigenvalue weighted by Crippen LogP contribution is -2.14. The first-order chi connectivity index (χ1) is 14.4. The number of pyridine rings is 1. The summed E-state index contributed by atoms with van der Waals surface area (Å²) in [5.74, 6) is 1.21. The van der Waals surface area contributed by atoms with Crippen molar-refractivity contribution in [2.24, 2.45) is 0 Å². The number of aryl methyl sites for hydroxylation is 1. The van der Waals surface area contributed by atoms with Crippen LogP contribution in [0.3, 0.4) is 0 Å². The molecule has 1 aliphatic rings. The molecule has 7 heteroatoms. The molecule has 0 aliphatic carbocycles. The summed E-state index contributed by atoms with van der Waals surface area (Å²) >= 11 is 0. The Hall–Kier alpha value is -3.45. The zero-order chi connectivity index (χ0) is 20.9. The first-order valence-electron chi connectivity index (χ1n) is 9.42. The summed E-state index contributed by atoms with van der Waals surface area (Å²) in [7, 11) is -3.32. The van der Waals surface area contributed by atoms with Gasteiger partial charge in [-0.3, -0.25) is 9.78 Å². The van der Waals surface area contributed by atoms with Crippen LogP contribution >= 0.6 is 0 Å². The molecule has 6 nitrogen and oxygen atoms in total. The number of benzene rings is 2. The minimum absolute atomic E-state index is 0.217. The standard InChI is InChI=1S/C23H17NO5S/c1-30(26,27)17-8-6-14(7-9-17)21-22(28-19-10-11-20(25)29-23(19)21)16-12-15-4-2-3-5-18(15)24-13-16/h2-9,12-13H,10-11H2,1H3. The molecule has 0 saturated heterocycles. The maximum Gasteiger partial charge on any atom is 0.311 e.